The van der Waals surface area contributed by atoms with Crippen LogP contribution in [0.4, 0.5) is 0 Å². The zero-order valence-electron chi connectivity index (χ0n) is 11.6. The number of carbonyl (C=O) groups excluding carboxylic acids is 2. The fourth-order valence-corrected chi connectivity index (χ4v) is 1.47. The molecule has 0 saturated heterocycles. The Hall–Kier alpha value is -1.79. The summed E-state index contributed by atoms with van der Waals surface area (Å²) in [5, 5.41) is 2.98. The summed E-state index contributed by atoms with van der Waals surface area (Å²) >= 11 is 0. The Balaban J connectivity index is 0.00000361. The molecule has 0 aliphatic rings. The SMILES string of the molecule is CNCCN(C)C(=O)c1cccc(OCC(N)=O)c1.Cl. The molecule has 0 atom stereocenters. The Labute approximate surface area is 124 Å². The zero-order chi connectivity index (χ0) is 14.3. The Morgan fingerprint density at radius 1 is 1.40 bits per heavy atom. The largest absolute Gasteiger partial charge is 0.484 e. The van der Waals surface area contributed by atoms with Crippen LogP contribution in [0.3, 0.4) is 0 Å². The van der Waals surface area contributed by atoms with Gasteiger partial charge in [0, 0.05) is 25.7 Å². The lowest BCUT2D eigenvalue weighted by molar-refractivity contribution is -0.119. The second kappa shape index (κ2) is 9.17. The molecule has 0 aliphatic heterocycles. The fourth-order valence-electron chi connectivity index (χ4n) is 1.47. The summed E-state index contributed by atoms with van der Waals surface area (Å²) in [6.45, 7) is 1.13. The molecule has 1 rings (SSSR count). The van der Waals surface area contributed by atoms with Gasteiger partial charge in [-0.25, -0.2) is 0 Å². The number of hydrogen-bond donors (Lipinski definition) is 2. The minimum atomic E-state index is -0.553. The van der Waals surface area contributed by atoms with Gasteiger partial charge in [0.1, 0.15) is 5.75 Å². The van der Waals surface area contributed by atoms with E-state index < -0.39 is 5.91 Å². The average molecular weight is 302 g/mol. The molecule has 0 radical (unpaired) electrons. The number of amides is 2. The third-order valence-corrected chi connectivity index (χ3v) is 2.51. The van der Waals surface area contributed by atoms with Crippen molar-refractivity contribution in [1.82, 2.24) is 10.2 Å². The van der Waals surface area contributed by atoms with Crippen LogP contribution in [0.2, 0.25) is 0 Å². The summed E-state index contributed by atoms with van der Waals surface area (Å²) in [6, 6.07) is 6.68. The van der Waals surface area contributed by atoms with E-state index in [9.17, 15) is 9.59 Å². The Kier molecular flexibility index (Phi) is 8.35. The summed E-state index contributed by atoms with van der Waals surface area (Å²) in [6.07, 6.45) is 0. The van der Waals surface area contributed by atoms with Crippen LogP contribution in [0, 0.1) is 0 Å². The minimum Gasteiger partial charge on any atom is -0.484 e. The molecule has 0 spiro atoms. The van der Waals surface area contributed by atoms with Gasteiger partial charge in [0.05, 0.1) is 0 Å². The monoisotopic (exact) mass is 301 g/mol. The standard InChI is InChI=1S/C13H19N3O3.ClH/c1-15-6-7-16(2)13(18)10-4-3-5-11(8-10)19-9-12(14)17;/h3-5,8,15H,6-7,9H2,1-2H3,(H2,14,17);1H. The third kappa shape index (κ3) is 5.90. The molecule has 0 unspecified atom stereocenters. The number of rotatable bonds is 7. The predicted octanol–water partition coefficient (Wildman–Crippen LogP) is 0.264. The van der Waals surface area contributed by atoms with Gasteiger partial charge in [-0.05, 0) is 25.2 Å². The van der Waals surface area contributed by atoms with Crippen molar-refractivity contribution in [2.45, 2.75) is 0 Å². The zero-order valence-corrected chi connectivity index (χ0v) is 12.4. The van der Waals surface area contributed by atoms with E-state index in [1.54, 1.807) is 36.2 Å². The Morgan fingerprint density at radius 3 is 2.70 bits per heavy atom. The van der Waals surface area contributed by atoms with Gasteiger partial charge in [-0.2, -0.15) is 0 Å². The maximum absolute atomic E-state index is 12.1. The van der Waals surface area contributed by atoms with Crippen LogP contribution in [-0.2, 0) is 4.79 Å². The van der Waals surface area contributed by atoms with Crippen LogP contribution in [0.15, 0.2) is 24.3 Å². The molecule has 3 N–H and O–H groups in total. The summed E-state index contributed by atoms with van der Waals surface area (Å²) in [4.78, 5) is 24.3. The molecule has 0 aromatic heterocycles. The second-order valence-corrected chi connectivity index (χ2v) is 4.11. The molecule has 0 heterocycles. The molecule has 1 aromatic rings. The number of primary amides is 1. The molecule has 0 bridgehead atoms. The van der Waals surface area contributed by atoms with Crippen LogP contribution in [0.25, 0.3) is 0 Å². The number of nitrogens with two attached hydrogens (primary N) is 1. The Morgan fingerprint density at radius 2 is 2.10 bits per heavy atom. The van der Waals surface area contributed by atoms with Crippen molar-refractivity contribution in [2.75, 3.05) is 33.8 Å². The maximum atomic E-state index is 12.1. The number of nitrogens with one attached hydrogen (secondary N) is 1. The van der Waals surface area contributed by atoms with Crippen molar-refractivity contribution in [3.63, 3.8) is 0 Å². The summed E-state index contributed by atoms with van der Waals surface area (Å²) < 4.78 is 5.16. The molecule has 0 fully saturated rings. The van der Waals surface area contributed by atoms with Gasteiger partial charge in [0.2, 0.25) is 0 Å². The highest BCUT2D eigenvalue weighted by Crippen LogP contribution is 2.14. The van der Waals surface area contributed by atoms with Crippen LogP contribution >= 0.6 is 12.4 Å². The van der Waals surface area contributed by atoms with Crippen molar-refractivity contribution >= 4 is 24.2 Å². The summed E-state index contributed by atoms with van der Waals surface area (Å²) in [5.74, 6) is -0.200. The van der Waals surface area contributed by atoms with E-state index in [1.165, 1.54) is 0 Å². The highest BCUT2D eigenvalue weighted by atomic mass is 35.5. The smallest absolute Gasteiger partial charge is 0.255 e. The molecule has 20 heavy (non-hydrogen) atoms. The summed E-state index contributed by atoms with van der Waals surface area (Å²) in [5.41, 5.74) is 5.51. The fraction of sp³-hybridized carbons (Fsp3) is 0.385. The molecule has 1 aromatic carbocycles. The first-order valence-corrected chi connectivity index (χ1v) is 5.96. The van der Waals surface area contributed by atoms with E-state index in [0.29, 0.717) is 17.9 Å². The van der Waals surface area contributed by atoms with E-state index in [-0.39, 0.29) is 24.9 Å². The highest BCUT2D eigenvalue weighted by Gasteiger charge is 2.11. The quantitative estimate of drug-likeness (QED) is 0.757. The summed E-state index contributed by atoms with van der Waals surface area (Å²) in [7, 11) is 3.56. The molecule has 112 valence electrons. The van der Waals surface area contributed by atoms with E-state index in [1.807, 2.05) is 7.05 Å². The molecular formula is C13H20ClN3O3. The van der Waals surface area contributed by atoms with Gasteiger partial charge < -0.3 is 20.7 Å². The molecule has 6 nitrogen and oxygen atoms in total. The van der Waals surface area contributed by atoms with Crippen molar-refractivity contribution < 1.29 is 14.3 Å². The van der Waals surface area contributed by atoms with E-state index in [0.717, 1.165) is 6.54 Å². The van der Waals surface area contributed by atoms with Crippen LogP contribution in [0.5, 0.6) is 5.75 Å². The second-order valence-electron chi connectivity index (χ2n) is 4.11. The number of ether oxygens (including phenoxy) is 1. The first-order valence-electron chi connectivity index (χ1n) is 5.96. The number of likely N-dealkylation sites (N-methyl/N-ethyl adjacent to an activating group) is 2. The van der Waals surface area contributed by atoms with Gasteiger partial charge in [-0.1, -0.05) is 6.07 Å². The number of carbonyl (C=O) groups is 2. The third-order valence-electron chi connectivity index (χ3n) is 2.51. The lowest BCUT2D eigenvalue weighted by Gasteiger charge is -2.17. The normalized spacial score (nSPS) is 9.50. The van der Waals surface area contributed by atoms with Crippen molar-refractivity contribution in [3.05, 3.63) is 29.8 Å². The van der Waals surface area contributed by atoms with Gasteiger partial charge in [-0.15, -0.1) is 12.4 Å². The lowest BCUT2D eigenvalue weighted by Crippen LogP contribution is -2.32. The topological polar surface area (TPSA) is 84.7 Å². The van der Waals surface area contributed by atoms with Crippen LogP contribution < -0.4 is 15.8 Å². The van der Waals surface area contributed by atoms with Gasteiger partial charge in [0.25, 0.3) is 11.8 Å². The Bertz CT molecular complexity index is 454. The molecular weight excluding hydrogens is 282 g/mol. The van der Waals surface area contributed by atoms with E-state index >= 15 is 0 Å². The van der Waals surface area contributed by atoms with Crippen molar-refractivity contribution in [1.29, 1.82) is 0 Å². The predicted molar refractivity (Wildman–Crippen MR) is 79.3 cm³/mol. The molecule has 7 heteroatoms. The van der Waals surface area contributed by atoms with Crippen LogP contribution in [0.1, 0.15) is 10.4 Å². The number of nitrogens with zero attached hydrogens (tertiary/aromatic N) is 1. The number of hydrogen-bond acceptors (Lipinski definition) is 4. The lowest BCUT2D eigenvalue weighted by atomic mass is 10.2. The van der Waals surface area contributed by atoms with Crippen molar-refractivity contribution in [2.24, 2.45) is 5.73 Å². The van der Waals surface area contributed by atoms with Gasteiger partial charge in [0.15, 0.2) is 6.61 Å². The number of benzene rings is 1. The highest BCUT2D eigenvalue weighted by molar-refractivity contribution is 5.94. The van der Waals surface area contributed by atoms with Crippen LogP contribution in [-0.4, -0.2) is 50.5 Å². The average Bonchev–Trinajstić information content (AvgIpc) is 2.42. The maximum Gasteiger partial charge on any atom is 0.255 e. The molecule has 0 saturated carbocycles. The number of halogens is 1. The molecule has 2 amide bonds. The van der Waals surface area contributed by atoms with E-state index in [4.69, 9.17) is 10.5 Å². The van der Waals surface area contributed by atoms with E-state index in [2.05, 4.69) is 5.32 Å². The minimum absolute atomic E-state index is 0. The first-order chi connectivity index (χ1) is 9.04. The van der Waals surface area contributed by atoms with Gasteiger partial charge >= 0.3 is 0 Å². The molecule has 0 aliphatic carbocycles. The van der Waals surface area contributed by atoms with Gasteiger partial charge in [-0.3, -0.25) is 9.59 Å². The van der Waals surface area contributed by atoms with Crippen molar-refractivity contribution in [3.8, 4) is 5.75 Å². The first kappa shape index (κ1) is 18.2.